The van der Waals surface area contributed by atoms with Gasteiger partial charge in [0.2, 0.25) is 0 Å². The third-order valence-electron chi connectivity index (χ3n) is 2.71. The van der Waals surface area contributed by atoms with E-state index in [0.717, 1.165) is 13.2 Å². The van der Waals surface area contributed by atoms with Gasteiger partial charge in [-0.3, -0.25) is 4.90 Å². The second-order valence-corrected chi connectivity index (χ2v) is 3.99. The second-order valence-electron chi connectivity index (χ2n) is 3.52. The van der Waals surface area contributed by atoms with Crippen LogP contribution in [0, 0.1) is 0 Å². The molecule has 2 atom stereocenters. The van der Waals surface area contributed by atoms with Crippen LogP contribution in [0.4, 0.5) is 0 Å². The highest BCUT2D eigenvalue weighted by Gasteiger charge is 2.32. The van der Waals surface area contributed by atoms with Crippen molar-refractivity contribution in [3.63, 3.8) is 0 Å². The van der Waals surface area contributed by atoms with Crippen molar-refractivity contribution < 1.29 is 4.74 Å². The minimum Gasteiger partial charge on any atom is -0.391 e. The first kappa shape index (κ1) is 8.41. The lowest BCUT2D eigenvalue weighted by Gasteiger charge is -2.34. The minimum atomic E-state index is -0.00523. The second kappa shape index (κ2) is 3.28. The molecule has 0 amide bonds. The largest absolute Gasteiger partial charge is 0.391 e. The lowest BCUT2D eigenvalue weighted by molar-refractivity contribution is -0.0155. The Hall–Kier alpha value is -0.190. The van der Waals surface area contributed by atoms with Crippen LogP contribution in [-0.4, -0.2) is 41.7 Å². The van der Waals surface area contributed by atoms with Gasteiger partial charge in [0.25, 0.3) is 0 Å². The number of nitrogens with zero attached hydrogens (tertiary/aromatic N) is 1. The van der Waals surface area contributed by atoms with Crippen molar-refractivity contribution in [2.75, 3.05) is 19.7 Å². The molecule has 0 spiro atoms. The SMILES string of the molecule is NC(=S)[C@@H]1CN2CCC[C@H]2CO1. The number of rotatable bonds is 1. The van der Waals surface area contributed by atoms with E-state index in [0.29, 0.717) is 11.0 Å². The average molecular weight is 186 g/mol. The molecule has 0 radical (unpaired) electrons. The molecule has 0 saturated carbocycles. The Balaban J connectivity index is 1.96. The smallest absolute Gasteiger partial charge is 0.120 e. The summed E-state index contributed by atoms with van der Waals surface area (Å²) in [5, 5.41) is 0. The summed E-state index contributed by atoms with van der Waals surface area (Å²) in [4.78, 5) is 2.94. The number of ether oxygens (including phenoxy) is 1. The van der Waals surface area contributed by atoms with Crippen molar-refractivity contribution in [1.82, 2.24) is 4.90 Å². The maximum Gasteiger partial charge on any atom is 0.120 e. The number of nitrogens with two attached hydrogens (primary N) is 1. The third kappa shape index (κ3) is 1.46. The monoisotopic (exact) mass is 186 g/mol. The zero-order chi connectivity index (χ0) is 8.55. The van der Waals surface area contributed by atoms with Crippen LogP contribution in [0.2, 0.25) is 0 Å². The molecule has 2 saturated heterocycles. The van der Waals surface area contributed by atoms with Gasteiger partial charge < -0.3 is 10.5 Å². The topological polar surface area (TPSA) is 38.5 Å². The third-order valence-corrected chi connectivity index (χ3v) is 2.97. The lowest BCUT2D eigenvalue weighted by atomic mass is 10.2. The van der Waals surface area contributed by atoms with Gasteiger partial charge in [-0.2, -0.15) is 0 Å². The van der Waals surface area contributed by atoms with E-state index in [9.17, 15) is 0 Å². The van der Waals surface area contributed by atoms with Crippen molar-refractivity contribution in [2.24, 2.45) is 5.73 Å². The Morgan fingerprint density at radius 1 is 1.58 bits per heavy atom. The molecule has 0 aromatic heterocycles. The fourth-order valence-corrected chi connectivity index (χ4v) is 2.13. The van der Waals surface area contributed by atoms with E-state index in [1.807, 2.05) is 0 Å². The zero-order valence-corrected chi connectivity index (χ0v) is 7.85. The molecule has 0 bridgehead atoms. The molecular formula is C8H14N2OS. The van der Waals surface area contributed by atoms with Crippen LogP contribution >= 0.6 is 12.2 Å². The van der Waals surface area contributed by atoms with Crippen molar-refractivity contribution in [3.05, 3.63) is 0 Å². The van der Waals surface area contributed by atoms with E-state index in [2.05, 4.69) is 4.90 Å². The van der Waals surface area contributed by atoms with Gasteiger partial charge in [-0.15, -0.1) is 0 Å². The molecule has 2 fully saturated rings. The normalized spacial score (nSPS) is 36.3. The molecule has 2 N–H and O–H groups in total. The number of fused-ring (bicyclic) bond motifs is 1. The van der Waals surface area contributed by atoms with Gasteiger partial charge in [-0.05, 0) is 19.4 Å². The average Bonchev–Trinajstić information content (AvgIpc) is 2.49. The molecule has 2 aliphatic rings. The molecular weight excluding hydrogens is 172 g/mol. The molecule has 12 heavy (non-hydrogen) atoms. The Morgan fingerprint density at radius 3 is 3.17 bits per heavy atom. The number of hydrogen-bond acceptors (Lipinski definition) is 3. The summed E-state index contributed by atoms with van der Waals surface area (Å²) in [6.07, 6.45) is 2.55. The molecule has 0 aromatic rings. The Labute approximate surface area is 77.9 Å². The molecule has 0 aromatic carbocycles. The van der Waals surface area contributed by atoms with Gasteiger partial charge in [0.1, 0.15) is 11.1 Å². The molecule has 68 valence electrons. The summed E-state index contributed by atoms with van der Waals surface area (Å²) in [5.41, 5.74) is 5.53. The molecule has 2 heterocycles. The van der Waals surface area contributed by atoms with E-state index in [-0.39, 0.29) is 6.10 Å². The summed E-state index contributed by atoms with van der Waals surface area (Å²) in [5.74, 6) is 0. The van der Waals surface area contributed by atoms with Crippen LogP contribution in [0.15, 0.2) is 0 Å². The lowest BCUT2D eigenvalue weighted by Crippen LogP contribution is -2.50. The summed E-state index contributed by atoms with van der Waals surface area (Å²) in [6.45, 7) is 2.90. The number of morpholine rings is 1. The summed E-state index contributed by atoms with van der Waals surface area (Å²) in [6, 6.07) is 0.635. The molecule has 2 rings (SSSR count). The Morgan fingerprint density at radius 2 is 2.42 bits per heavy atom. The van der Waals surface area contributed by atoms with E-state index in [1.165, 1.54) is 19.4 Å². The molecule has 0 aliphatic carbocycles. The van der Waals surface area contributed by atoms with E-state index in [4.69, 9.17) is 22.7 Å². The van der Waals surface area contributed by atoms with E-state index in [1.54, 1.807) is 0 Å². The molecule has 2 aliphatic heterocycles. The summed E-state index contributed by atoms with van der Waals surface area (Å²) >= 11 is 4.90. The van der Waals surface area contributed by atoms with Crippen LogP contribution in [0.25, 0.3) is 0 Å². The number of thiocarbonyl (C=S) groups is 1. The highest BCUT2D eigenvalue weighted by atomic mass is 32.1. The highest BCUT2D eigenvalue weighted by molar-refractivity contribution is 7.80. The van der Waals surface area contributed by atoms with Crippen molar-refractivity contribution in [3.8, 4) is 0 Å². The van der Waals surface area contributed by atoms with Gasteiger partial charge in [-0.25, -0.2) is 0 Å². The predicted octanol–water partition coefficient (Wildman–Crippen LogP) is 0.136. The van der Waals surface area contributed by atoms with Gasteiger partial charge in [0.05, 0.1) is 6.61 Å². The quantitative estimate of drug-likeness (QED) is 0.591. The minimum absolute atomic E-state index is 0.00523. The standard InChI is InChI=1S/C8H14N2OS/c9-8(12)7-4-10-3-1-2-6(10)5-11-7/h6-7H,1-5H2,(H2,9,12)/t6-,7-/m0/s1. The fourth-order valence-electron chi connectivity index (χ4n) is 1.99. The van der Waals surface area contributed by atoms with Crippen molar-refractivity contribution in [2.45, 2.75) is 25.0 Å². The zero-order valence-electron chi connectivity index (χ0n) is 7.03. The first-order valence-corrected chi connectivity index (χ1v) is 4.83. The van der Waals surface area contributed by atoms with Crippen LogP contribution < -0.4 is 5.73 Å². The summed E-state index contributed by atoms with van der Waals surface area (Å²) < 4.78 is 5.55. The maximum atomic E-state index is 5.55. The maximum absolute atomic E-state index is 5.55. The van der Waals surface area contributed by atoms with Gasteiger partial charge >= 0.3 is 0 Å². The first-order chi connectivity index (χ1) is 5.77. The summed E-state index contributed by atoms with van der Waals surface area (Å²) in [7, 11) is 0. The number of hydrogen-bond donors (Lipinski definition) is 1. The van der Waals surface area contributed by atoms with Crippen molar-refractivity contribution in [1.29, 1.82) is 0 Å². The van der Waals surface area contributed by atoms with Crippen LogP contribution in [0.1, 0.15) is 12.8 Å². The van der Waals surface area contributed by atoms with Crippen LogP contribution in [-0.2, 0) is 4.74 Å². The Bertz CT molecular complexity index is 197. The van der Waals surface area contributed by atoms with Crippen LogP contribution in [0.3, 0.4) is 0 Å². The van der Waals surface area contributed by atoms with Gasteiger partial charge in [-0.1, -0.05) is 12.2 Å². The van der Waals surface area contributed by atoms with Crippen molar-refractivity contribution >= 4 is 17.2 Å². The molecule has 0 unspecified atom stereocenters. The van der Waals surface area contributed by atoms with E-state index < -0.39 is 0 Å². The molecule has 4 heteroatoms. The van der Waals surface area contributed by atoms with Gasteiger partial charge in [0, 0.05) is 12.6 Å². The van der Waals surface area contributed by atoms with Crippen LogP contribution in [0.5, 0.6) is 0 Å². The highest BCUT2D eigenvalue weighted by Crippen LogP contribution is 2.22. The Kier molecular flexibility index (Phi) is 2.30. The van der Waals surface area contributed by atoms with E-state index >= 15 is 0 Å². The fraction of sp³-hybridized carbons (Fsp3) is 0.875. The first-order valence-electron chi connectivity index (χ1n) is 4.42. The predicted molar refractivity (Wildman–Crippen MR) is 51.1 cm³/mol. The molecule has 3 nitrogen and oxygen atoms in total. The van der Waals surface area contributed by atoms with Gasteiger partial charge in [0.15, 0.2) is 0 Å².